The quantitative estimate of drug-likeness (QED) is 0.628. The Morgan fingerprint density at radius 1 is 1.64 bits per heavy atom. The maximum absolute atomic E-state index is 11.3. The summed E-state index contributed by atoms with van der Waals surface area (Å²) in [5, 5.41) is 9.31. The SMILES string of the molecule is CCCCOC(=O)N1C[C@@H](N)[C@H](O)C1. The van der Waals surface area contributed by atoms with Crippen LogP contribution >= 0.6 is 0 Å². The van der Waals surface area contributed by atoms with Crippen LogP contribution in [-0.4, -0.2) is 47.9 Å². The van der Waals surface area contributed by atoms with Crippen molar-refractivity contribution in [1.82, 2.24) is 4.90 Å². The Balaban J connectivity index is 2.25. The van der Waals surface area contributed by atoms with E-state index >= 15 is 0 Å². The molecule has 0 saturated carbocycles. The summed E-state index contributed by atoms with van der Waals surface area (Å²) in [6.45, 7) is 3.14. The van der Waals surface area contributed by atoms with Crippen LogP contribution in [0.2, 0.25) is 0 Å². The number of ether oxygens (including phenoxy) is 1. The molecule has 1 rings (SSSR count). The predicted molar refractivity (Wildman–Crippen MR) is 51.8 cm³/mol. The Kier molecular flexibility index (Phi) is 4.16. The molecule has 5 heteroatoms. The fourth-order valence-electron chi connectivity index (χ4n) is 1.36. The molecule has 14 heavy (non-hydrogen) atoms. The highest BCUT2D eigenvalue weighted by Crippen LogP contribution is 2.09. The molecule has 1 heterocycles. The normalized spacial score (nSPS) is 26.6. The second-order valence-corrected chi connectivity index (χ2v) is 3.60. The Labute approximate surface area is 83.8 Å². The summed E-state index contributed by atoms with van der Waals surface area (Å²) >= 11 is 0. The van der Waals surface area contributed by atoms with Crippen LogP contribution in [0.15, 0.2) is 0 Å². The molecule has 1 saturated heterocycles. The summed E-state index contributed by atoms with van der Waals surface area (Å²) in [6.07, 6.45) is 0.878. The number of hydrogen-bond acceptors (Lipinski definition) is 4. The van der Waals surface area contributed by atoms with Crippen molar-refractivity contribution in [3.63, 3.8) is 0 Å². The molecular weight excluding hydrogens is 184 g/mol. The zero-order valence-electron chi connectivity index (χ0n) is 8.48. The first-order valence-electron chi connectivity index (χ1n) is 5.00. The largest absolute Gasteiger partial charge is 0.449 e. The van der Waals surface area contributed by atoms with Crippen molar-refractivity contribution in [3.05, 3.63) is 0 Å². The minimum absolute atomic E-state index is 0.284. The third-order valence-corrected chi connectivity index (χ3v) is 2.31. The van der Waals surface area contributed by atoms with Gasteiger partial charge in [0.25, 0.3) is 0 Å². The van der Waals surface area contributed by atoms with Gasteiger partial charge in [-0.1, -0.05) is 13.3 Å². The first kappa shape index (κ1) is 11.3. The van der Waals surface area contributed by atoms with E-state index in [1.165, 1.54) is 4.90 Å². The number of rotatable bonds is 3. The lowest BCUT2D eigenvalue weighted by molar-refractivity contribution is 0.102. The van der Waals surface area contributed by atoms with Gasteiger partial charge in [0.05, 0.1) is 25.3 Å². The van der Waals surface area contributed by atoms with Crippen LogP contribution in [0.1, 0.15) is 19.8 Å². The highest BCUT2D eigenvalue weighted by molar-refractivity contribution is 5.68. The van der Waals surface area contributed by atoms with Crippen LogP contribution in [0.5, 0.6) is 0 Å². The van der Waals surface area contributed by atoms with Gasteiger partial charge in [-0.15, -0.1) is 0 Å². The Hall–Kier alpha value is -0.810. The van der Waals surface area contributed by atoms with Crippen molar-refractivity contribution in [2.24, 2.45) is 5.73 Å². The van der Waals surface area contributed by atoms with Crippen LogP contribution in [0.4, 0.5) is 4.79 Å². The van der Waals surface area contributed by atoms with E-state index in [0.717, 1.165) is 12.8 Å². The van der Waals surface area contributed by atoms with Crippen LogP contribution in [0, 0.1) is 0 Å². The number of nitrogens with zero attached hydrogens (tertiary/aromatic N) is 1. The molecule has 5 nitrogen and oxygen atoms in total. The van der Waals surface area contributed by atoms with Gasteiger partial charge in [0, 0.05) is 6.54 Å². The van der Waals surface area contributed by atoms with Crippen LogP contribution < -0.4 is 5.73 Å². The molecule has 0 aromatic heterocycles. The molecular formula is C9H18N2O3. The number of nitrogens with two attached hydrogens (primary N) is 1. The van der Waals surface area contributed by atoms with E-state index in [-0.39, 0.29) is 18.7 Å². The fraction of sp³-hybridized carbons (Fsp3) is 0.889. The van der Waals surface area contributed by atoms with Crippen LogP contribution in [0.3, 0.4) is 0 Å². The molecule has 0 spiro atoms. The maximum atomic E-state index is 11.3. The number of aliphatic hydroxyl groups excluding tert-OH is 1. The molecule has 0 aromatic rings. The molecule has 0 bridgehead atoms. The van der Waals surface area contributed by atoms with Gasteiger partial charge in [-0.2, -0.15) is 0 Å². The molecule has 0 aliphatic carbocycles. The van der Waals surface area contributed by atoms with Crippen LogP contribution in [-0.2, 0) is 4.74 Å². The van der Waals surface area contributed by atoms with Gasteiger partial charge < -0.3 is 20.5 Å². The topological polar surface area (TPSA) is 75.8 Å². The Bertz CT molecular complexity index is 188. The summed E-state index contributed by atoms with van der Waals surface area (Å²) in [7, 11) is 0. The lowest BCUT2D eigenvalue weighted by atomic mass is 10.2. The van der Waals surface area contributed by atoms with Crippen molar-refractivity contribution in [1.29, 1.82) is 0 Å². The lowest BCUT2D eigenvalue weighted by Gasteiger charge is -2.14. The number of carbonyl (C=O) groups is 1. The third-order valence-electron chi connectivity index (χ3n) is 2.31. The monoisotopic (exact) mass is 202 g/mol. The van der Waals surface area contributed by atoms with Gasteiger partial charge in [0.1, 0.15) is 0 Å². The molecule has 1 amide bonds. The third kappa shape index (κ3) is 2.85. The average Bonchev–Trinajstić information content (AvgIpc) is 2.47. The van der Waals surface area contributed by atoms with E-state index in [1.54, 1.807) is 0 Å². The predicted octanol–water partition coefficient (Wildman–Crippen LogP) is -0.0731. The molecule has 0 radical (unpaired) electrons. The highest BCUT2D eigenvalue weighted by atomic mass is 16.6. The second-order valence-electron chi connectivity index (χ2n) is 3.60. The maximum Gasteiger partial charge on any atom is 0.409 e. The summed E-state index contributed by atoms with van der Waals surface area (Å²) < 4.78 is 4.98. The number of carbonyl (C=O) groups excluding carboxylic acids is 1. The van der Waals surface area contributed by atoms with Crippen molar-refractivity contribution in [2.45, 2.75) is 31.9 Å². The van der Waals surface area contributed by atoms with Gasteiger partial charge in [-0.05, 0) is 6.42 Å². The Morgan fingerprint density at radius 2 is 2.36 bits per heavy atom. The van der Waals surface area contributed by atoms with Crippen LogP contribution in [0.25, 0.3) is 0 Å². The lowest BCUT2D eigenvalue weighted by Crippen LogP contribution is -2.33. The summed E-state index contributed by atoms with van der Waals surface area (Å²) in [5.41, 5.74) is 5.56. The van der Waals surface area contributed by atoms with Crippen molar-refractivity contribution < 1.29 is 14.6 Å². The molecule has 2 atom stereocenters. The second kappa shape index (κ2) is 5.17. The van der Waals surface area contributed by atoms with E-state index < -0.39 is 6.10 Å². The summed E-state index contributed by atoms with van der Waals surface area (Å²) in [5.74, 6) is 0. The zero-order chi connectivity index (χ0) is 10.6. The van der Waals surface area contributed by atoms with Gasteiger partial charge in [0.15, 0.2) is 0 Å². The highest BCUT2D eigenvalue weighted by Gasteiger charge is 2.32. The van der Waals surface area contributed by atoms with Gasteiger partial charge in [-0.25, -0.2) is 4.79 Å². The molecule has 0 aromatic carbocycles. The molecule has 1 aliphatic rings. The van der Waals surface area contributed by atoms with Gasteiger partial charge in [-0.3, -0.25) is 0 Å². The molecule has 1 aliphatic heterocycles. The van der Waals surface area contributed by atoms with Gasteiger partial charge >= 0.3 is 6.09 Å². The number of unbranched alkanes of at least 4 members (excludes halogenated alkanes) is 1. The minimum atomic E-state index is -0.617. The van der Waals surface area contributed by atoms with E-state index in [2.05, 4.69) is 0 Å². The summed E-state index contributed by atoms with van der Waals surface area (Å²) in [4.78, 5) is 12.8. The van der Waals surface area contributed by atoms with Crippen molar-refractivity contribution >= 4 is 6.09 Å². The molecule has 1 fully saturated rings. The number of amides is 1. The standard InChI is InChI=1S/C9H18N2O3/c1-2-3-4-14-9(13)11-5-7(10)8(12)6-11/h7-8,12H,2-6,10H2,1H3/t7-,8-/m1/s1. The van der Waals surface area contributed by atoms with Gasteiger partial charge in [0.2, 0.25) is 0 Å². The number of hydrogen-bond donors (Lipinski definition) is 2. The summed E-state index contributed by atoms with van der Waals surface area (Å²) in [6, 6.07) is -0.339. The molecule has 3 N–H and O–H groups in total. The van der Waals surface area contributed by atoms with E-state index in [9.17, 15) is 9.90 Å². The number of β-amino-alcohol motifs (C(OH)–C–C–N with tert-alkyl or cyclic N) is 1. The van der Waals surface area contributed by atoms with Crippen molar-refractivity contribution in [2.75, 3.05) is 19.7 Å². The average molecular weight is 202 g/mol. The van der Waals surface area contributed by atoms with E-state index in [0.29, 0.717) is 13.2 Å². The Morgan fingerprint density at radius 3 is 2.86 bits per heavy atom. The van der Waals surface area contributed by atoms with Crippen molar-refractivity contribution in [3.8, 4) is 0 Å². The smallest absolute Gasteiger partial charge is 0.409 e. The first-order chi connectivity index (χ1) is 6.65. The number of aliphatic hydroxyl groups is 1. The number of likely N-dealkylation sites (tertiary alicyclic amines) is 1. The fourth-order valence-corrected chi connectivity index (χ4v) is 1.36. The zero-order valence-corrected chi connectivity index (χ0v) is 8.48. The van der Waals surface area contributed by atoms with E-state index in [1.807, 2.05) is 6.92 Å². The molecule has 0 unspecified atom stereocenters. The van der Waals surface area contributed by atoms with E-state index in [4.69, 9.17) is 10.5 Å². The molecule has 82 valence electrons. The first-order valence-corrected chi connectivity index (χ1v) is 5.00. The minimum Gasteiger partial charge on any atom is -0.449 e.